The number of aromatic nitrogens is 5. The predicted octanol–water partition coefficient (Wildman–Crippen LogP) is 11.1. The Morgan fingerprint density at radius 1 is 0.719 bits per heavy atom. The van der Waals surface area contributed by atoms with Crippen molar-refractivity contribution < 1.29 is 4.42 Å². The molecule has 5 aromatic carbocycles. The molecule has 0 N–H and O–H groups in total. The molecule has 274 valence electrons. The summed E-state index contributed by atoms with van der Waals surface area (Å²) in [5.74, 6) is 4.02. The van der Waals surface area contributed by atoms with E-state index < -0.39 is 0 Å². The fourth-order valence-corrected chi connectivity index (χ4v) is 8.35. The topological polar surface area (TPSA) is 69.6 Å². The second kappa shape index (κ2) is 14.5. The van der Waals surface area contributed by atoms with Gasteiger partial charge in [-0.05, 0) is 83.2 Å². The number of benzene rings is 5. The summed E-state index contributed by atoms with van der Waals surface area (Å²) in [7, 11) is 4.28. The van der Waals surface area contributed by atoms with Gasteiger partial charge in [0.05, 0.1) is 0 Å². The molecule has 3 heterocycles. The van der Waals surface area contributed by atoms with Gasteiger partial charge in [0.15, 0.2) is 36.7 Å². The van der Waals surface area contributed by atoms with Crippen LogP contribution in [0.4, 0.5) is 0 Å². The first-order chi connectivity index (χ1) is 27.8. The first-order valence-corrected chi connectivity index (χ1v) is 19.5. The molecule has 0 aliphatic heterocycles. The van der Waals surface area contributed by atoms with Crippen LogP contribution in [0.25, 0.3) is 79.8 Å². The van der Waals surface area contributed by atoms with Gasteiger partial charge < -0.3 is 8.98 Å². The molecular formula is C49H41B2N5O. The van der Waals surface area contributed by atoms with Gasteiger partial charge in [-0.25, -0.2) is 19.9 Å². The van der Waals surface area contributed by atoms with Gasteiger partial charge in [-0.15, -0.1) is 5.98 Å². The van der Waals surface area contributed by atoms with Crippen molar-refractivity contribution in [3.05, 3.63) is 161 Å². The zero-order valence-electron chi connectivity index (χ0n) is 33.1. The molecule has 8 heteroatoms. The monoisotopic (exact) mass is 737 g/mol. The summed E-state index contributed by atoms with van der Waals surface area (Å²) in [6.45, 7) is 13.2. The maximum absolute atomic E-state index is 5.98. The molecule has 8 aromatic rings. The van der Waals surface area contributed by atoms with Crippen molar-refractivity contribution in [1.29, 1.82) is 0 Å². The van der Waals surface area contributed by atoms with Gasteiger partial charge >= 0.3 is 0 Å². The zero-order valence-corrected chi connectivity index (χ0v) is 33.1. The van der Waals surface area contributed by atoms with Gasteiger partial charge in [0.25, 0.3) is 0 Å². The first-order valence-electron chi connectivity index (χ1n) is 19.5. The Labute approximate surface area is 335 Å². The van der Waals surface area contributed by atoms with Gasteiger partial charge in [0.2, 0.25) is 0 Å². The number of fused-ring (bicyclic) bond motifs is 5. The SMILES string of the molecule is C[B]/C=C\c1c(/C=C(\C)c2ccc3c(c2)-c2c(ccc4ncoc24)C3(C)C)c([B]C)n(-c2cccc(-c3nc(-c4ccccc4)nc(-c4ccccc4)n3)c2)c1C. The van der Waals surface area contributed by atoms with Crippen LogP contribution in [-0.4, -0.2) is 39.1 Å². The Morgan fingerprint density at radius 2 is 1.37 bits per heavy atom. The van der Waals surface area contributed by atoms with Crippen LogP contribution in [0.2, 0.25) is 13.6 Å². The van der Waals surface area contributed by atoms with E-state index in [1.807, 2.05) is 60.7 Å². The third-order valence-corrected chi connectivity index (χ3v) is 11.3. The smallest absolute Gasteiger partial charge is 0.182 e. The Hall–Kier alpha value is -6.53. The maximum Gasteiger partial charge on any atom is 0.182 e. The Bertz CT molecular complexity index is 2810. The number of allylic oxidation sites excluding steroid dienone is 1. The molecule has 2 radical (unpaired) electrons. The number of rotatable bonds is 9. The molecule has 0 amide bonds. The zero-order chi connectivity index (χ0) is 39.3. The number of nitrogens with zero attached hydrogens (tertiary/aromatic N) is 5. The molecule has 0 saturated carbocycles. The second-order valence-corrected chi connectivity index (χ2v) is 15.1. The van der Waals surface area contributed by atoms with Crippen molar-refractivity contribution in [3.63, 3.8) is 0 Å². The minimum Gasteiger partial charge on any atom is -0.443 e. The third-order valence-electron chi connectivity index (χ3n) is 11.3. The molecule has 3 aromatic heterocycles. The molecule has 0 saturated heterocycles. The number of oxazole rings is 1. The average Bonchev–Trinajstić information content (AvgIpc) is 3.90. The van der Waals surface area contributed by atoms with Gasteiger partial charge in [-0.2, -0.15) is 0 Å². The van der Waals surface area contributed by atoms with Gasteiger partial charge in [-0.3, -0.25) is 0 Å². The lowest BCUT2D eigenvalue weighted by Gasteiger charge is -2.21. The lowest BCUT2D eigenvalue weighted by molar-refractivity contribution is 0.601. The highest BCUT2D eigenvalue weighted by atomic mass is 16.3. The Balaban J connectivity index is 1.16. The fourth-order valence-electron chi connectivity index (χ4n) is 8.35. The van der Waals surface area contributed by atoms with E-state index in [0.29, 0.717) is 17.5 Å². The van der Waals surface area contributed by atoms with E-state index in [0.717, 1.165) is 55.9 Å². The van der Waals surface area contributed by atoms with E-state index in [9.17, 15) is 0 Å². The van der Waals surface area contributed by atoms with Crippen molar-refractivity contribution in [2.45, 2.75) is 46.8 Å². The average molecular weight is 738 g/mol. The van der Waals surface area contributed by atoms with E-state index in [4.69, 9.17) is 19.4 Å². The minimum absolute atomic E-state index is 0.142. The summed E-state index contributed by atoms with van der Waals surface area (Å²) < 4.78 is 8.33. The summed E-state index contributed by atoms with van der Waals surface area (Å²) in [6.07, 6.45) is 6.10. The van der Waals surface area contributed by atoms with E-state index >= 15 is 0 Å². The fraction of sp³-hybridized carbons (Fsp3) is 0.143. The first kappa shape index (κ1) is 36.1. The molecule has 6 nitrogen and oxygen atoms in total. The van der Waals surface area contributed by atoms with Crippen molar-refractivity contribution in [3.8, 4) is 51.0 Å². The summed E-state index contributed by atoms with van der Waals surface area (Å²) in [4.78, 5) is 19.4. The van der Waals surface area contributed by atoms with Crippen LogP contribution < -0.4 is 5.59 Å². The van der Waals surface area contributed by atoms with Crippen LogP contribution in [0.5, 0.6) is 0 Å². The van der Waals surface area contributed by atoms with E-state index in [-0.39, 0.29) is 5.41 Å². The van der Waals surface area contributed by atoms with Crippen molar-refractivity contribution >= 4 is 49.0 Å². The third kappa shape index (κ3) is 6.26. The lowest BCUT2D eigenvalue weighted by Crippen LogP contribution is -2.24. The number of hydrogen-bond donors (Lipinski definition) is 0. The highest BCUT2D eigenvalue weighted by Gasteiger charge is 2.37. The molecule has 0 spiro atoms. The summed E-state index contributed by atoms with van der Waals surface area (Å²) in [5.41, 5.74) is 17.3. The molecule has 1 aliphatic carbocycles. The van der Waals surface area contributed by atoms with Crippen LogP contribution in [-0.2, 0) is 5.41 Å². The van der Waals surface area contributed by atoms with Crippen molar-refractivity contribution in [2.75, 3.05) is 0 Å². The number of hydrogen-bond acceptors (Lipinski definition) is 5. The highest BCUT2D eigenvalue weighted by molar-refractivity contribution is 6.53. The highest BCUT2D eigenvalue weighted by Crippen LogP contribution is 2.51. The molecule has 1 aliphatic rings. The van der Waals surface area contributed by atoms with Crippen LogP contribution in [0.15, 0.2) is 132 Å². The van der Waals surface area contributed by atoms with E-state index in [2.05, 4.69) is 138 Å². The van der Waals surface area contributed by atoms with Gasteiger partial charge in [0.1, 0.15) is 12.8 Å². The molecule has 0 atom stereocenters. The quantitative estimate of drug-likeness (QED) is 0.138. The van der Waals surface area contributed by atoms with Crippen LogP contribution in [0, 0.1) is 6.92 Å². The largest absolute Gasteiger partial charge is 0.443 e. The van der Waals surface area contributed by atoms with Gasteiger partial charge in [0, 0.05) is 44.6 Å². The summed E-state index contributed by atoms with van der Waals surface area (Å²) in [6, 6.07) is 39.9. The predicted molar refractivity (Wildman–Crippen MR) is 237 cm³/mol. The van der Waals surface area contributed by atoms with Gasteiger partial charge in [-0.1, -0.05) is 125 Å². The van der Waals surface area contributed by atoms with Crippen molar-refractivity contribution in [2.24, 2.45) is 0 Å². The molecular weight excluding hydrogens is 696 g/mol. The van der Waals surface area contributed by atoms with Crippen LogP contribution in [0.1, 0.15) is 54.3 Å². The molecule has 0 unspecified atom stereocenters. The lowest BCUT2D eigenvalue weighted by atomic mass is 9.74. The normalized spacial score (nSPS) is 13.3. The molecule has 0 bridgehead atoms. The molecule has 57 heavy (non-hydrogen) atoms. The summed E-state index contributed by atoms with van der Waals surface area (Å²) in [5, 5.41) is 0. The van der Waals surface area contributed by atoms with E-state index in [1.54, 1.807) is 6.39 Å². The Kier molecular flexibility index (Phi) is 9.20. The molecule has 9 rings (SSSR count). The second-order valence-electron chi connectivity index (χ2n) is 15.1. The Morgan fingerprint density at radius 3 is 2.04 bits per heavy atom. The van der Waals surface area contributed by atoms with Crippen molar-refractivity contribution in [1.82, 2.24) is 24.5 Å². The maximum atomic E-state index is 5.98. The standard InChI is InChI=1S/C49H41B2N5O/c1-30(34-20-21-40-39(28-34)43-41(49(40,3)4)22-23-42-44(43)57-29-52-42)26-38-37(24-25-50-5)31(2)56(45(38)51-6)36-19-13-18-35(27-36)48-54-46(32-14-9-7-10-15-32)53-47(55-48)33-16-11-8-12-17-33/h7-29H,1-6H3/b25-24-,30-26+. The van der Waals surface area contributed by atoms with Crippen LogP contribution in [0.3, 0.4) is 0 Å². The summed E-state index contributed by atoms with van der Waals surface area (Å²) >= 11 is 0. The minimum atomic E-state index is -0.142. The molecule has 0 fully saturated rings. The van der Waals surface area contributed by atoms with Crippen LogP contribution >= 0.6 is 0 Å². The van der Waals surface area contributed by atoms with E-state index in [1.165, 1.54) is 33.4 Å².